The standard InChI is InChI=1S/C18H30O3/c1-2-3-4-5-6-8-11-14-17(19)15-12-9-7-10-13-16-18(20)21/h3-4,6,8,11,14,17,19H,2,5,7,9-10,12-13,15-16H2,1H3,(H,20,21)/p-1/b4-3-,8-6-,14-11+. The van der Waals surface area contributed by atoms with E-state index in [1.165, 1.54) is 0 Å². The first-order valence-electron chi connectivity index (χ1n) is 8.03. The molecule has 0 heterocycles. The molecular formula is C18H29O3-. The average molecular weight is 293 g/mol. The summed E-state index contributed by atoms with van der Waals surface area (Å²) in [5, 5.41) is 20.0. The molecule has 0 amide bonds. The van der Waals surface area contributed by atoms with Crippen LogP contribution in [0.25, 0.3) is 0 Å². The topological polar surface area (TPSA) is 60.4 Å². The smallest absolute Gasteiger partial charge is 0.0723 e. The van der Waals surface area contributed by atoms with Crippen molar-refractivity contribution in [3.63, 3.8) is 0 Å². The van der Waals surface area contributed by atoms with Gasteiger partial charge in [0.15, 0.2) is 0 Å². The number of unbranched alkanes of at least 4 members (excludes halogenated alkanes) is 4. The number of carbonyl (C=O) groups excluding carboxylic acids is 1. The fraction of sp³-hybridized carbons (Fsp3) is 0.611. The van der Waals surface area contributed by atoms with Crippen LogP contribution >= 0.6 is 0 Å². The van der Waals surface area contributed by atoms with E-state index < -0.39 is 5.97 Å². The molecule has 0 bridgehead atoms. The van der Waals surface area contributed by atoms with E-state index in [1.807, 2.05) is 18.2 Å². The lowest BCUT2D eigenvalue weighted by molar-refractivity contribution is -0.305. The van der Waals surface area contributed by atoms with Gasteiger partial charge in [-0.25, -0.2) is 0 Å². The highest BCUT2D eigenvalue weighted by molar-refractivity contribution is 5.63. The summed E-state index contributed by atoms with van der Waals surface area (Å²) in [5.41, 5.74) is 0. The Morgan fingerprint density at radius 3 is 2.48 bits per heavy atom. The van der Waals surface area contributed by atoms with Gasteiger partial charge in [-0.05, 0) is 32.1 Å². The van der Waals surface area contributed by atoms with Gasteiger partial charge in [0.1, 0.15) is 0 Å². The van der Waals surface area contributed by atoms with E-state index in [0.717, 1.165) is 44.9 Å². The van der Waals surface area contributed by atoms with Crippen LogP contribution in [-0.2, 0) is 4.79 Å². The van der Waals surface area contributed by atoms with Crippen molar-refractivity contribution >= 4 is 5.97 Å². The molecule has 1 N–H and O–H groups in total. The second kappa shape index (κ2) is 15.0. The zero-order valence-corrected chi connectivity index (χ0v) is 13.2. The van der Waals surface area contributed by atoms with E-state index in [4.69, 9.17) is 0 Å². The highest BCUT2D eigenvalue weighted by atomic mass is 16.4. The second-order valence-corrected chi connectivity index (χ2v) is 5.17. The normalized spacial score (nSPS) is 13.6. The average Bonchev–Trinajstić information content (AvgIpc) is 2.45. The van der Waals surface area contributed by atoms with E-state index in [1.54, 1.807) is 0 Å². The molecule has 0 aromatic rings. The second-order valence-electron chi connectivity index (χ2n) is 5.17. The number of rotatable bonds is 13. The Bertz CT molecular complexity index is 329. The number of allylic oxidation sites excluding steroid dienone is 5. The maximum absolute atomic E-state index is 10.2. The third-order valence-corrected chi connectivity index (χ3v) is 3.14. The minimum atomic E-state index is -0.964. The Kier molecular flexibility index (Phi) is 14.1. The Hall–Kier alpha value is -1.35. The molecule has 0 aliphatic heterocycles. The molecule has 1 unspecified atom stereocenters. The molecule has 3 heteroatoms. The van der Waals surface area contributed by atoms with Crippen molar-refractivity contribution in [1.82, 2.24) is 0 Å². The summed E-state index contributed by atoms with van der Waals surface area (Å²) in [7, 11) is 0. The van der Waals surface area contributed by atoms with Gasteiger partial charge in [-0.3, -0.25) is 0 Å². The molecule has 0 aromatic carbocycles. The van der Waals surface area contributed by atoms with Crippen molar-refractivity contribution in [3.8, 4) is 0 Å². The number of aliphatic carboxylic acids is 1. The predicted molar refractivity (Wildman–Crippen MR) is 85.7 cm³/mol. The summed E-state index contributed by atoms with van der Waals surface area (Å²) in [6, 6.07) is 0. The number of aliphatic hydroxyl groups excluding tert-OH is 1. The number of hydrogen-bond donors (Lipinski definition) is 1. The lowest BCUT2D eigenvalue weighted by atomic mass is 10.1. The molecule has 0 radical (unpaired) electrons. The highest BCUT2D eigenvalue weighted by Crippen LogP contribution is 2.09. The summed E-state index contributed by atoms with van der Waals surface area (Å²) in [6.07, 6.45) is 19.2. The van der Waals surface area contributed by atoms with E-state index >= 15 is 0 Å². The van der Waals surface area contributed by atoms with Crippen molar-refractivity contribution < 1.29 is 15.0 Å². The first-order chi connectivity index (χ1) is 10.2. The Labute approximate surface area is 129 Å². The molecule has 3 nitrogen and oxygen atoms in total. The van der Waals surface area contributed by atoms with Gasteiger partial charge in [0.05, 0.1) is 6.10 Å². The monoisotopic (exact) mass is 293 g/mol. The van der Waals surface area contributed by atoms with Gasteiger partial charge in [-0.15, -0.1) is 0 Å². The van der Waals surface area contributed by atoms with E-state index in [9.17, 15) is 15.0 Å². The largest absolute Gasteiger partial charge is 0.550 e. The quantitative estimate of drug-likeness (QED) is 0.322. The molecule has 0 aromatic heterocycles. The van der Waals surface area contributed by atoms with Crippen molar-refractivity contribution in [1.29, 1.82) is 0 Å². The van der Waals surface area contributed by atoms with Crippen molar-refractivity contribution in [2.24, 2.45) is 0 Å². The van der Waals surface area contributed by atoms with Gasteiger partial charge in [-0.1, -0.05) is 69.1 Å². The number of carboxylic acid groups (broad SMARTS) is 1. The molecule has 0 spiro atoms. The molecule has 0 rings (SSSR count). The van der Waals surface area contributed by atoms with E-state index in [-0.39, 0.29) is 12.5 Å². The van der Waals surface area contributed by atoms with Gasteiger partial charge in [-0.2, -0.15) is 0 Å². The van der Waals surface area contributed by atoms with E-state index in [0.29, 0.717) is 6.42 Å². The molecule has 0 saturated carbocycles. The fourth-order valence-electron chi connectivity index (χ4n) is 1.94. The SMILES string of the molecule is CC/C=C\C/C=C\C=C\C(O)CCCCCCCC(=O)[O-]. The number of carboxylic acids is 1. The number of aliphatic hydroxyl groups is 1. The third kappa shape index (κ3) is 16.6. The predicted octanol–water partition coefficient (Wildman–Crippen LogP) is 3.30. The zero-order valence-electron chi connectivity index (χ0n) is 13.2. The minimum absolute atomic E-state index is 0.158. The van der Waals surface area contributed by atoms with Crippen LogP contribution in [0.2, 0.25) is 0 Å². The van der Waals surface area contributed by atoms with Gasteiger partial charge in [0.25, 0.3) is 0 Å². The lowest BCUT2D eigenvalue weighted by Crippen LogP contribution is -2.21. The van der Waals surface area contributed by atoms with Gasteiger partial charge in [0, 0.05) is 5.97 Å². The van der Waals surface area contributed by atoms with Crippen LogP contribution in [0, 0.1) is 0 Å². The molecular weight excluding hydrogens is 264 g/mol. The lowest BCUT2D eigenvalue weighted by Gasteiger charge is -2.05. The molecule has 120 valence electrons. The maximum atomic E-state index is 10.2. The Balaban J connectivity index is 3.46. The van der Waals surface area contributed by atoms with Crippen LogP contribution in [0.4, 0.5) is 0 Å². The van der Waals surface area contributed by atoms with Crippen LogP contribution in [0.5, 0.6) is 0 Å². The summed E-state index contributed by atoms with van der Waals surface area (Å²) >= 11 is 0. The van der Waals surface area contributed by atoms with Gasteiger partial charge >= 0.3 is 0 Å². The van der Waals surface area contributed by atoms with Crippen molar-refractivity contribution in [2.45, 2.75) is 70.8 Å². The third-order valence-electron chi connectivity index (χ3n) is 3.14. The first-order valence-corrected chi connectivity index (χ1v) is 8.03. The van der Waals surface area contributed by atoms with Crippen LogP contribution in [0.1, 0.15) is 64.7 Å². The molecule has 0 saturated heterocycles. The van der Waals surface area contributed by atoms with E-state index in [2.05, 4.69) is 25.2 Å². The molecule has 0 aliphatic rings. The summed E-state index contributed by atoms with van der Waals surface area (Å²) in [4.78, 5) is 10.2. The van der Waals surface area contributed by atoms with Crippen LogP contribution in [0.15, 0.2) is 36.5 Å². The first kappa shape index (κ1) is 19.7. The molecule has 0 fully saturated rings. The number of carbonyl (C=O) groups is 1. The van der Waals surface area contributed by atoms with Crippen LogP contribution in [-0.4, -0.2) is 17.2 Å². The molecule has 21 heavy (non-hydrogen) atoms. The van der Waals surface area contributed by atoms with Crippen molar-refractivity contribution in [3.05, 3.63) is 36.5 Å². The maximum Gasteiger partial charge on any atom is 0.0723 e. The summed E-state index contributed by atoms with van der Waals surface area (Å²) in [5.74, 6) is -0.964. The molecule has 0 aliphatic carbocycles. The van der Waals surface area contributed by atoms with Crippen LogP contribution < -0.4 is 5.11 Å². The zero-order chi connectivity index (χ0) is 15.8. The van der Waals surface area contributed by atoms with Gasteiger partial charge in [0.2, 0.25) is 0 Å². The minimum Gasteiger partial charge on any atom is -0.550 e. The van der Waals surface area contributed by atoms with Crippen LogP contribution in [0.3, 0.4) is 0 Å². The summed E-state index contributed by atoms with van der Waals surface area (Å²) < 4.78 is 0. The fourth-order valence-corrected chi connectivity index (χ4v) is 1.94. The van der Waals surface area contributed by atoms with Crippen molar-refractivity contribution in [2.75, 3.05) is 0 Å². The number of hydrogen-bond acceptors (Lipinski definition) is 3. The summed E-state index contributed by atoms with van der Waals surface area (Å²) in [6.45, 7) is 2.11. The highest BCUT2D eigenvalue weighted by Gasteiger charge is 1.98. The Morgan fingerprint density at radius 1 is 1.05 bits per heavy atom. The van der Waals surface area contributed by atoms with Gasteiger partial charge < -0.3 is 15.0 Å². The molecule has 1 atom stereocenters. The Morgan fingerprint density at radius 2 is 1.76 bits per heavy atom.